The third-order valence-electron chi connectivity index (χ3n) is 6.96. The molecule has 5 rings (SSSR count). The van der Waals surface area contributed by atoms with Gasteiger partial charge in [-0.1, -0.05) is 48.5 Å². The fourth-order valence-electron chi connectivity index (χ4n) is 5.43. The van der Waals surface area contributed by atoms with Crippen molar-refractivity contribution >= 4 is 28.2 Å². The average molecular weight is 472 g/mol. The van der Waals surface area contributed by atoms with Crippen LogP contribution < -0.4 is 4.74 Å². The third-order valence-corrected chi connectivity index (χ3v) is 6.96. The molecule has 0 spiro atoms. The molecule has 0 saturated carbocycles. The van der Waals surface area contributed by atoms with E-state index in [0.717, 1.165) is 40.3 Å². The van der Waals surface area contributed by atoms with Gasteiger partial charge < -0.3 is 19.5 Å². The number of carbonyl (C=O) groups excluding carboxylic acids is 2. The molecular weight excluding hydrogens is 442 g/mol. The van der Waals surface area contributed by atoms with Crippen molar-refractivity contribution < 1.29 is 24.2 Å². The van der Waals surface area contributed by atoms with Gasteiger partial charge in [-0.2, -0.15) is 0 Å². The number of hydrogen-bond acceptors (Lipinski definition) is 5. The third kappa shape index (κ3) is 3.98. The van der Waals surface area contributed by atoms with Crippen LogP contribution in [0.15, 0.2) is 60.2 Å². The second-order valence-electron chi connectivity index (χ2n) is 9.32. The van der Waals surface area contributed by atoms with Crippen molar-refractivity contribution in [1.82, 2.24) is 4.90 Å². The molecule has 2 heterocycles. The first-order valence-electron chi connectivity index (χ1n) is 11.9. The van der Waals surface area contributed by atoms with Crippen LogP contribution in [0.3, 0.4) is 0 Å². The fraction of sp³-hybridized carbons (Fsp3) is 0.310. The van der Waals surface area contributed by atoms with Gasteiger partial charge in [0.1, 0.15) is 11.5 Å². The van der Waals surface area contributed by atoms with Crippen LogP contribution in [0.2, 0.25) is 0 Å². The van der Waals surface area contributed by atoms with E-state index >= 15 is 0 Å². The largest absolute Gasteiger partial charge is 0.507 e. The normalized spacial score (nSPS) is 21.7. The number of carbonyl (C=O) groups is 2. The van der Waals surface area contributed by atoms with Crippen molar-refractivity contribution in [3.05, 3.63) is 82.4 Å². The summed E-state index contributed by atoms with van der Waals surface area (Å²) in [6.45, 7) is 4.74. The van der Waals surface area contributed by atoms with Crippen molar-refractivity contribution in [2.24, 2.45) is 0 Å². The minimum absolute atomic E-state index is 0.0765. The Morgan fingerprint density at radius 3 is 2.63 bits per heavy atom. The Balaban J connectivity index is 1.75. The van der Waals surface area contributed by atoms with Crippen LogP contribution in [0.4, 0.5) is 0 Å². The van der Waals surface area contributed by atoms with Crippen molar-refractivity contribution in [2.45, 2.75) is 38.8 Å². The summed E-state index contributed by atoms with van der Waals surface area (Å²) in [5.41, 5.74) is 3.03. The minimum atomic E-state index is -0.740. The van der Waals surface area contributed by atoms with Crippen LogP contribution in [-0.2, 0) is 14.3 Å². The molecule has 1 amide bonds. The molecule has 0 aliphatic carbocycles. The predicted molar refractivity (Wildman–Crippen MR) is 134 cm³/mol. The van der Waals surface area contributed by atoms with Crippen molar-refractivity contribution in [3.63, 3.8) is 0 Å². The Kier molecular flexibility index (Phi) is 6.07. The topological polar surface area (TPSA) is 76.1 Å². The highest BCUT2D eigenvalue weighted by Crippen LogP contribution is 2.44. The van der Waals surface area contributed by atoms with Crippen LogP contribution in [0.25, 0.3) is 16.5 Å². The molecule has 6 heteroatoms. The van der Waals surface area contributed by atoms with Crippen molar-refractivity contribution in [3.8, 4) is 5.75 Å². The number of fused-ring (bicyclic) bond motifs is 1. The van der Waals surface area contributed by atoms with E-state index in [2.05, 4.69) is 0 Å². The maximum Gasteiger partial charge on any atom is 0.295 e. The van der Waals surface area contributed by atoms with E-state index in [-0.39, 0.29) is 17.4 Å². The summed E-state index contributed by atoms with van der Waals surface area (Å²) in [6.07, 6.45) is 1.62. The van der Waals surface area contributed by atoms with Gasteiger partial charge in [0.2, 0.25) is 0 Å². The first-order chi connectivity index (χ1) is 16.9. The highest BCUT2D eigenvalue weighted by Gasteiger charge is 2.47. The molecule has 0 radical (unpaired) electrons. The second kappa shape index (κ2) is 9.19. The molecule has 2 saturated heterocycles. The number of nitrogens with zero attached hydrogens (tertiary/aromatic N) is 1. The molecule has 3 aromatic carbocycles. The zero-order chi connectivity index (χ0) is 24.7. The maximum absolute atomic E-state index is 13.5. The molecule has 35 heavy (non-hydrogen) atoms. The molecule has 180 valence electrons. The maximum atomic E-state index is 13.5. The van der Waals surface area contributed by atoms with Gasteiger partial charge in [-0.15, -0.1) is 0 Å². The molecule has 0 bridgehead atoms. The lowest BCUT2D eigenvalue weighted by Crippen LogP contribution is -2.36. The van der Waals surface area contributed by atoms with E-state index in [1.807, 2.05) is 62.4 Å². The lowest BCUT2D eigenvalue weighted by molar-refractivity contribution is -0.140. The highest BCUT2D eigenvalue weighted by atomic mass is 16.5. The number of methoxy groups -OCH3 is 1. The van der Waals surface area contributed by atoms with Crippen LogP contribution >= 0.6 is 0 Å². The quantitative estimate of drug-likeness (QED) is 0.320. The number of likely N-dealkylation sites (tertiary alicyclic amines) is 1. The minimum Gasteiger partial charge on any atom is -0.507 e. The van der Waals surface area contributed by atoms with E-state index in [0.29, 0.717) is 24.5 Å². The molecule has 2 aliphatic heterocycles. The summed E-state index contributed by atoms with van der Waals surface area (Å²) < 4.78 is 11.4. The Morgan fingerprint density at radius 2 is 1.89 bits per heavy atom. The molecule has 2 unspecified atom stereocenters. The Hall–Kier alpha value is -3.64. The number of ketones is 1. The van der Waals surface area contributed by atoms with Crippen LogP contribution in [0.1, 0.15) is 41.1 Å². The van der Waals surface area contributed by atoms with Crippen LogP contribution in [0, 0.1) is 13.8 Å². The second-order valence-corrected chi connectivity index (χ2v) is 9.32. The molecule has 2 aliphatic rings. The first kappa shape index (κ1) is 23.1. The monoisotopic (exact) mass is 471 g/mol. The van der Waals surface area contributed by atoms with Gasteiger partial charge in [0.25, 0.3) is 11.7 Å². The van der Waals surface area contributed by atoms with Gasteiger partial charge in [-0.05, 0) is 60.2 Å². The Bertz CT molecular complexity index is 1350. The molecule has 2 atom stereocenters. The summed E-state index contributed by atoms with van der Waals surface area (Å²) in [7, 11) is 1.53. The molecule has 3 aromatic rings. The number of hydrogen-bond donors (Lipinski definition) is 1. The number of aryl methyl sites for hydroxylation is 2. The first-order valence-corrected chi connectivity index (χ1v) is 11.9. The Labute approximate surface area is 204 Å². The van der Waals surface area contributed by atoms with E-state index in [9.17, 15) is 14.7 Å². The lowest BCUT2D eigenvalue weighted by atomic mass is 9.90. The molecular formula is C29H29NO5. The van der Waals surface area contributed by atoms with Gasteiger partial charge >= 0.3 is 0 Å². The smallest absolute Gasteiger partial charge is 0.295 e. The Morgan fingerprint density at radius 1 is 1.11 bits per heavy atom. The van der Waals surface area contributed by atoms with E-state index in [1.165, 1.54) is 7.11 Å². The number of aliphatic hydroxyl groups is 1. The summed E-state index contributed by atoms with van der Waals surface area (Å²) in [5.74, 6) is -1.06. The standard InChI is InChI=1S/C29H29NO5/c1-17-14-18(2)28(34-3)23(15-17)26(31)24-25(22-12-6-9-19-8-4-5-11-21(19)22)30(29(33)27(24)32)16-20-10-7-13-35-20/h4-6,8-9,11-12,14-15,20,25,31H,7,10,13,16H2,1-3H3/b26-24+. The summed E-state index contributed by atoms with van der Waals surface area (Å²) in [5, 5.41) is 13.5. The van der Waals surface area contributed by atoms with Gasteiger partial charge in [-0.3, -0.25) is 9.59 Å². The number of benzene rings is 3. The molecule has 1 N–H and O–H groups in total. The predicted octanol–water partition coefficient (Wildman–Crippen LogP) is 5.07. The van der Waals surface area contributed by atoms with E-state index < -0.39 is 17.7 Å². The number of Topliss-reactive ketones (excluding diaryl/α,β-unsaturated/α-hetero) is 1. The fourth-order valence-corrected chi connectivity index (χ4v) is 5.43. The molecule has 0 aromatic heterocycles. The van der Waals surface area contributed by atoms with Crippen molar-refractivity contribution in [2.75, 3.05) is 20.3 Å². The molecule has 2 fully saturated rings. The summed E-state index contributed by atoms with van der Waals surface area (Å²) in [4.78, 5) is 28.5. The van der Waals surface area contributed by atoms with Crippen molar-refractivity contribution in [1.29, 1.82) is 0 Å². The highest BCUT2D eigenvalue weighted by molar-refractivity contribution is 6.46. The molecule has 6 nitrogen and oxygen atoms in total. The SMILES string of the molecule is COc1c(C)cc(C)cc1/C(O)=C1\C(=O)C(=O)N(CC2CCCO2)C1c1cccc2ccccc12. The summed E-state index contributed by atoms with van der Waals surface area (Å²) >= 11 is 0. The number of rotatable bonds is 5. The number of amides is 1. The van der Waals surface area contributed by atoms with Gasteiger partial charge in [0.15, 0.2) is 0 Å². The van der Waals surface area contributed by atoms with Gasteiger partial charge in [0, 0.05) is 13.2 Å². The zero-order valence-electron chi connectivity index (χ0n) is 20.2. The number of aliphatic hydroxyl groups excluding tert-OH is 1. The number of ether oxygens (including phenoxy) is 2. The van der Waals surface area contributed by atoms with Gasteiger partial charge in [0.05, 0.1) is 30.4 Å². The van der Waals surface area contributed by atoms with Crippen LogP contribution in [0.5, 0.6) is 5.75 Å². The van der Waals surface area contributed by atoms with E-state index in [1.54, 1.807) is 11.0 Å². The average Bonchev–Trinajstić information content (AvgIpc) is 3.45. The van der Waals surface area contributed by atoms with Gasteiger partial charge in [-0.25, -0.2) is 0 Å². The lowest BCUT2D eigenvalue weighted by Gasteiger charge is -2.28. The van der Waals surface area contributed by atoms with Crippen LogP contribution in [-0.4, -0.2) is 48.1 Å². The summed E-state index contributed by atoms with van der Waals surface area (Å²) in [6, 6.07) is 16.7. The zero-order valence-corrected chi connectivity index (χ0v) is 20.2. The van der Waals surface area contributed by atoms with E-state index in [4.69, 9.17) is 9.47 Å².